The second-order valence-corrected chi connectivity index (χ2v) is 8.51. The Morgan fingerprint density at radius 1 is 0.880 bits per heavy atom. The molecule has 0 aliphatic carbocycles. The molecule has 124 valence electrons. The van der Waals surface area contributed by atoms with E-state index in [2.05, 4.69) is 12.1 Å². The molecule has 0 aromatic heterocycles. The molecule has 1 aliphatic rings. The van der Waals surface area contributed by atoms with Crippen molar-refractivity contribution in [1.29, 1.82) is 0 Å². The van der Waals surface area contributed by atoms with Gasteiger partial charge in [0.05, 0.1) is 0 Å². The summed E-state index contributed by atoms with van der Waals surface area (Å²) in [6.07, 6.45) is 0. The van der Waals surface area contributed by atoms with E-state index in [4.69, 9.17) is 16.3 Å². The fourth-order valence-electron chi connectivity index (χ4n) is 3.11. The zero-order chi connectivity index (χ0) is 17.3. The average Bonchev–Trinajstić information content (AvgIpc) is 2.95. The Labute approximate surface area is 157 Å². The molecule has 0 saturated carbocycles. The second kappa shape index (κ2) is 6.68. The van der Waals surface area contributed by atoms with E-state index in [1.807, 2.05) is 66.7 Å². The molecule has 0 bridgehead atoms. The van der Waals surface area contributed by atoms with Crippen molar-refractivity contribution in [3.05, 3.63) is 101 Å². The van der Waals surface area contributed by atoms with Crippen LogP contribution in [0.3, 0.4) is 0 Å². The van der Waals surface area contributed by atoms with Gasteiger partial charge in [-0.3, -0.25) is 0 Å². The number of fused-ring (bicyclic) bond motifs is 1. The number of carbonyl (C=O) groups excluding carboxylic acids is 1. The van der Waals surface area contributed by atoms with Gasteiger partial charge in [0.1, 0.15) is 0 Å². The molecule has 1 aliphatic heterocycles. The summed E-state index contributed by atoms with van der Waals surface area (Å²) in [6.45, 7) is 0. The predicted molar refractivity (Wildman–Crippen MR) is 101 cm³/mol. The van der Waals surface area contributed by atoms with E-state index in [0.29, 0.717) is 10.6 Å². The summed E-state index contributed by atoms with van der Waals surface area (Å²) in [5.74, 6) is -0.255. The van der Waals surface area contributed by atoms with Gasteiger partial charge in [-0.15, -0.1) is 0 Å². The molecule has 0 saturated heterocycles. The predicted octanol–water partition coefficient (Wildman–Crippen LogP) is 4.20. The van der Waals surface area contributed by atoms with Crippen molar-refractivity contribution >= 4 is 37.0 Å². The van der Waals surface area contributed by atoms with Crippen LogP contribution in [0.4, 0.5) is 0 Å². The summed E-state index contributed by atoms with van der Waals surface area (Å²) in [4.78, 5) is 12.5. The summed E-state index contributed by atoms with van der Waals surface area (Å²) in [5, 5.41) is 1.42. The Bertz CT molecular complexity index is 909. The van der Waals surface area contributed by atoms with Crippen LogP contribution in [0.1, 0.15) is 21.5 Å². The van der Waals surface area contributed by atoms with Crippen molar-refractivity contribution in [3.8, 4) is 0 Å². The van der Waals surface area contributed by atoms with Gasteiger partial charge in [0.2, 0.25) is 0 Å². The van der Waals surface area contributed by atoms with Crippen LogP contribution in [0, 0.1) is 0 Å². The number of ether oxygens (including phenoxy) is 1. The minimum atomic E-state index is -0.742. The molecule has 0 radical (unpaired) electrons. The minimum absolute atomic E-state index is 0.165. The Morgan fingerprint density at radius 3 is 2.32 bits per heavy atom. The topological polar surface area (TPSA) is 26.3 Å². The van der Waals surface area contributed by atoms with Crippen LogP contribution in [0.2, 0.25) is 10.3 Å². The molecule has 1 unspecified atom stereocenters. The molecular weight excluding hydrogens is 399 g/mol. The Morgan fingerprint density at radius 2 is 1.56 bits per heavy atom. The first-order chi connectivity index (χ1) is 12.2. The van der Waals surface area contributed by atoms with Gasteiger partial charge in [-0.2, -0.15) is 0 Å². The van der Waals surface area contributed by atoms with Crippen LogP contribution >= 0.6 is 11.6 Å². The van der Waals surface area contributed by atoms with E-state index in [9.17, 15) is 4.79 Å². The molecular formula is C21H15ClO2Se. The maximum atomic E-state index is 12.5. The van der Waals surface area contributed by atoms with Gasteiger partial charge in [0.15, 0.2) is 0 Å². The van der Waals surface area contributed by atoms with Crippen molar-refractivity contribution in [2.24, 2.45) is 0 Å². The monoisotopic (exact) mass is 414 g/mol. The van der Waals surface area contributed by atoms with Gasteiger partial charge in [-0.1, -0.05) is 0 Å². The molecule has 0 fully saturated rings. The number of halogens is 1. The molecule has 1 heterocycles. The van der Waals surface area contributed by atoms with E-state index in [-0.39, 0.29) is 20.9 Å². The standard InChI is InChI=1S/C21H15ClO2Se/c22-16-12-10-15(11-13-16)21(14-25-17-6-2-1-3-7-17)19-9-5-4-8-18(19)20(23)24-21/h1-13H,14H2. The third-order valence-corrected chi connectivity index (χ3v) is 7.02. The normalized spacial score (nSPS) is 18.7. The van der Waals surface area contributed by atoms with E-state index >= 15 is 0 Å². The number of carbonyl (C=O) groups is 1. The molecule has 25 heavy (non-hydrogen) atoms. The van der Waals surface area contributed by atoms with Crippen molar-refractivity contribution in [1.82, 2.24) is 0 Å². The Balaban J connectivity index is 1.79. The molecule has 1 atom stereocenters. The fraction of sp³-hybridized carbons (Fsp3) is 0.0952. The van der Waals surface area contributed by atoms with Crippen molar-refractivity contribution in [2.45, 2.75) is 10.9 Å². The molecule has 2 nitrogen and oxygen atoms in total. The van der Waals surface area contributed by atoms with Crippen LogP contribution in [0.25, 0.3) is 0 Å². The molecule has 3 aromatic carbocycles. The SMILES string of the molecule is O=C1OC(C[Se]c2ccccc2)(c2ccc(Cl)cc2)c2ccccc21. The zero-order valence-corrected chi connectivity index (χ0v) is 15.8. The summed E-state index contributed by atoms with van der Waals surface area (Å²) < 4.78 is 7.28. The first-order valence-corrected chi connectivity index (χ1v) is 10.4. The molecule has 0 amide bonds. The van der Waals surface area contributed by atoms with E-state index in [1.165, 1.54) is 4.46 Å². The number of hydrogen-bond acceptors (Lipinski definition) is 2. The van der Waals surface area contributed by atoms with Gasteiger partial charge in [-0.05, 0) is 0 Å². The molecule has 4 heteroatoms. The van der Waals surface area contributed by atoms with E-state index < -0.39 is 5.60 Å². The van der Waals surface area contributed by atoms with Crippen molar-refractivity contribution in [2.75, 3.05) is 0 Å². The zero-order valence-electron chi connectivity index (χ0n) is 13.3. The maximum absolute atomic E-state index is 12.5. The summed E-state index contributed by atoms with van der Waals surface area (Å²) in [5.41, 5.74) is 1.82. The van der Waals surface area contributed by atoms with Gasteiger partial charge >= 0.3 is 158 Å². The summed E-state index contributed by atoms with van der Waals surface area (Å²) in [6, 6.07) is 25.6. The Kier molecular flexibility index (Phi) is 4.39. The van der Waals surface area contributed by atoms with Gasteiger partial charge in [0.25, 0.3) is 0 Å². The van der Waals surface area contributed by atoms with Crippen LogP contribution < -0.4 is 4.46 Å². The summed E-state index contributed by atoms with van der Waals surface area (Å²) in [7, 11) is 0. The van der Waals surface area contributed by atoms with Crippen LogP contribution in [0.15, 0.2) is 78.9 Å². The van der Waals surface area contributed by atoms with Crippen molar-refractivity contribution in [3.63, 3.8) is 0 Å². The number of esters is 1. The molecule has 3 aromatic rings. The first-order valence-electron chi connectivity index (χ1n) is 7.96. The van der Waals surface area contributed by atoms with Gasteiger partial charge < -0.3 is 0 Å². The third-order valence-electron chi connectivity index (χ3n) is 4.34. The van der Waals surface area contributed by atoms with Crippen LogP contribution in [-0.2, 0) is 10.3 Å². The third kappa shape index (κ3) is 3.00. The molecule has 4 rings (SSSR count). The number of benzene rings is 3. The van der Waals surface area contributed by atoms with Crippen LogP contribution in [0.5, 0.6) is 0 Å². The average molecular weight is 414 g/mol. The van der Waals surface area contributed by atoms with Crippen molar-refractivity contribution < 1.29 is 9.53 Å². The number of rotatable bonds is 4. The van der Waals surface area contributed by atoms with Gasteiger partial charge in [0, 0.05) is 0 Å². The summed E-state index contributed by atoms with van der Waals surface area (Å²) >= 11 is 6.23. The van der Waals surface area contributed by atoms with Gasteiger partial charge in [-0.25, -0.2) is 0 Å². The van der Waals surface area contributed by atoms with Crippen LogP contribution in [-0.4, -0.2) is 20.9 Å². The molecule has 0 spiro atoms. The fourth-order valence-corrected chi connectivity index (χ4v) is 5.54. The second-order valence-electron chi connectivity index (χ2n) is 5.87. The quantitative estimate of drug-likeness (QED) is 0.473. The Hall–Kier alpha value is -2.06. The van der Waals surface area contributed by atoms with E-state index in [1.54, 1.807) is 0 Å². The number of cyclic esters (lactones) is 1. The number of hydrogen-bond donors (Lipinski definition) is 0. The molecule has 0 N–H and O–H groups in total. The first kappa shape index (κ1) is 16.4. The van der Waals surface area contributed by atoms with E-state index in [0.717, 1.165) is 16.4 Å².